The van der Waals surface area contributed by atoms with E-state index in [-0.39, 0.29) is 0 Å². The second kappa shape index (κ2) is 8.48. The predicted octanol–water partition coefficient (Wildman–Crippen LogP) is 2.82. The summed E-state index contributed by atoms with van der Waals surface area (Å²) in [5, 5.41) is 8.14. The van der Waals surface area contributed by atoms with Crippen LogP contribution in [0.1, 0.15) is 16.9 Å². The van der Waals surface area contributed by atoms with E-state index in [4.69, 9.17) is 5.26 Å². The number of hydrogen-bond donors (Lipinski definition) is 0. The summed E-state index contributed by atoms with van der Waals surface area (Å²) in [6.45, 7) is 0.389. The van der Waals surface area contributed by atoms with Crippen molar-refractivity contribution in [2.75, 3.05) is 0 Å². The van der Waals surface area contributed by atoms with Crippen LogP contribution in [0.15, 0.2) is 79.4 Å². The van der Waals surface area contributed by atoms with Gasteiger partial charge >= 0.3 is 0 Å². The Kier molecular flexibility index (Phi) is 6.01. The van der Waals surface area contributed by atoms with Gasteiger partial charge in [-0.3, -0.25) is 0 Å². The van der Waals surface area contributed by atoms with Crippen LogP contribution in [0, 0.1) is 11.3 Å². The minimum Gasteiger partial charge on any atom is -0.324 e. The third-order valence-electron chi connectivity index (χ3n) is 3.41. The molecule has 0 fully saturated rings. The fourth-order valence-electron chi connectivity index (χ4n) is 2.14. The van der Waals surface area contributed by atoms with Crippen LogP contribution in [-0.4, -0.2) is 17.4 Å². The van der Waals surface area contributed by atoms with Crippen LogP contribution >= 0.6 is 0 Å². The first-order valence-electron chi connectivity index (χ1n) is 7.24. The molecule has 0 amide bonds. The maximum absolute atomic E-state index is 8.14. The fourth-order valence-corrected chi connectivity index (χ4v) is 2.14. The zero-order valence-electron chi connectivity index (χ0n) is 12.6. The van der Waals surface area contributed by atoms with E-state index < -0.39 is 0 Å². The Bertz CT molecular complexity index is 649. The maximum atomic E-state index is 8.14. The highest BCUT2D eigenvalue weighted by atomic mass is 15.0. The summed E-state index contributed by atoms with van der Waals surface area (Å²) in [7, 11) is 2.24. The van der Waals surface area contributed by atoms with Crippen LogP contribution in [0.3, 0.4) is 0 Å². The number of nitrogens with zero attached hydrogens (tertiary/aromatic N) is 3. The molecule has 2 aromatic carbocycles. The highest BCUT2D eigenvalue weighted by Gasteiger charge is 2.05. The minimum absolute atomic E-state index is 0.389. The largest absolute Gasteiger partial charge is 0.324 e. The van der Waals surface area contributed by atoms with E-state index in [1.54, 1.807) is 23.3 Å². The fraction of sp³-hybridized carbons (Fsp3) is 0.111. The highest BCUT2D eigenvalue weighted by molar-refractivity contribution is 6.14. The molecule has 1 aromatic heterocycles. The van der Waals surface area contributed by atoms with Crippen LogP contribution in [0.25, 0.3) is 0 Å². The van der Waals surface area contributed by atoms with Gasteiger partial charge in [-0.1, -0.05) is 60.7 Å². The lowest BCUT2D eigenvalue weighted by Gasteiger charge is -2.11. The predicted molar refractivity (Wildman–Crippen MR) is 91.1 cm³/mol. The molecule has 0 radical (unpaired) electrons. The summed E-state index contributed by atoms with van der Waals surface area (Å²) in [5.41, 5.74) is 2.75. The second-order valence-corrected chi connectivity index (χ2v) is 4.94. The number of hydrogen-bond acceptors (Lipinski definition) is 2. The maximum Gasteiger partial charge on any atom is 0.116 e. The van der Waals surface area contributed by atoms with Crippen molar-refractivity contribution in [3.05, 3.63) is 90.5 Å². The van der Waals surface area contributed by atoms with Crippen molar-refractivity contribution in [2.24, 2.45) is 0 Å². The molecule has 3 aromatic rings. The van der Waals surface area contributed by atoms with E-state index >= 15 is 0 Å². The number of rotatable bonds is 3. The van der Waals surface area contributed by atoms with Crippen molar-refractivity contribution in [3.8, 4) is 6.07 Å². The van der Waals surface area contributed by atoms with Gasteiger partial charge in [0.15, 0.2) is 0 Å². The highest BCUT2D eigenvalue weighted by Crippen LogP contribution is 2.20. The molecule has 3 rings (SSSR count). The van der Waals surface area contributed by atoms with E-state index in [2.05, 4.69) is 73.5 Å². The standard InChI is InChI=1S/C13H13B.C5H5N3/c14-13(11-7-3-1-4-8-11)12-9-5-2-6-10-12;6-1-3-8-4-2-7-5-8/h1-10,13H,14H2;2,4-5H,3H2. The molecule has 0 unspecified atom stereocenters. The Hall–Kier alpha value is -2.80. The van der Waals surface area contributed by atoms with Gasteiger partial charge in [-0.2, -0.15) is 5.26 Å². The van der Waals surface area contributed by atoms with E-state index in [1.807, 2.05) is 6.07 Å². The van der Waals surface area contributed by atoms with Gasteiger partial charge in [-0.25, -0.2) is 4.98 Å². The summed E-state index contributed by atoms with van der Waals surface area (Å²) < 4.78 is 1.71. The molecule has 0 bridgehead atoms. The monoisotopic (exact) mass is 287 g/mol. The van der Waals surface area contributed by atoms with Gasteiger partial charge in [-0.05, 0) is 16.9 Å². The van der Waals surface area contributed by atoms with Crippen molar-refractivity contribution in [1.82, 2.24) is 9.55 Å². The number of benzene rings is 2. The molecule has 0 atom stereocenters. The van der Waals surface area contributed by atoms with Gasteiger partial charge in [0, 0.05) is 12.4 Å². The van der Waals surface area contributed by atoms with Crippen molar-refractivity contribution in [2.45, 2.75) is 12.4 Å². The first-order valence-corrected chi connectivity index (χ1v) is 7.24. The lowest BCUT2D eigenvalue weighted by molar-refractivity contribution is 0.830. The van der Waals surface area contributed by atoms with E-state index in [9.17, 15) is 0 Å². The van der Waals surface area contributed by atoms with Crippen LogP contribution < -0.4 is 0 Å². The van der Waals surface area contributed by atoms with Crippen molar-refractivity contribution >= 4 is 7.85 Å². The third kappa shape index (κ3) is 4.64. The lowest BCUT2D eigenvalue weighted by atomic mass is 9.76. The van der Waals surface area contributed by atoms with Crippen LogP contribution in [0.5, 0.6) is 0 Å². The Morgan fingerprint density at radius 1 is 1.00 bits per heavy atom. The Morgan fingerprint density at radius 2 is 1.55 bits per heavy atom. The smallest absolute Gasteiger partial charge is 0.116 e. The van der Waals surface area contributed by atoms with Crippen molar-refractivity contribution in [3.63, 3.8) is 0 Å². The Morgan fingerprint density at radius 3 is 1.95 bits per heavy atom. The van der Waals surface area contributed by atoms with Gasteiger partial charge in [0.1, 0.15) is 14.4 Å². The molecule has 0 aliphatic heterocycles. The SMILES string of the molecule is BC(c1ccccc1)c1ccccc1.N#CCn1ccnc1. The summed E-state index contributed by atoms with van der Waals surface area (Å²) in [4.78, 5) is 3.75. The molecule has 4 heteroatoms. The van der Waals surface area contributed by atoms with Crippen LogP contribution in [-0.2, 0) is 6.54 Å². The average Bonchev–Trinajstić information content (AvgIpc) is 3.10. The Labute approximate surface area is 132 Å². The van der Waals surface area contributed by atoms with Gasteiger partial charge in [0.25, 0.3) is 0 Å². The van der Waals surface area contributed by atoms with Crippen LogP contribution in [0.2, 0.25) is 0 Å². The number of aromatic nitrogens is 2. The summed E-state index contributed by atoms with van der Waals surface area (Å²) in [6, 6.07) is 23.2. The van der Waals surface area contributed by atoms with Crippen molar-refractivity contribution < 1.29 is 0 Å². The molecular weight excluding hydrogens is 269 g/mol. The third-order valence-corrected chi connectivity index (χ3v) is 3.41. The average molecular weight is 287 g/mol. The van der Waals surface area contributed by atoms with Gasteiger partial charge in [-0.15, -0.1) is 0 Å². The normalized spacial score (nSPS) is 9.64. The zero-order valence-corrected chi connectivity index (χ0v) is 12.6. The number of nitriles is 1. The first-order chi connectivity index (χ1) is 10.8. The van der Waals surface area contributed by atoms with Gasteiger partial charge in [0.2, 0.25) is 0 Å². The topological polar surface area (TPSA) is 41.6 Å². The van der Waals surface area contributed by atoms with Gasteiger partial charge in [0.05, 0.1) is 12.4 Å². The summed E-state index contributed by atoms with van der Waals surface area (Å²) in [6.07, 6.45) is 5.02. The Balaban J connectivity index is 0.000000188. The first kappa shape index (κ1) is 15.6. The molecule has 3 nitrogen and oxygen atoms in total. The molecule has 0 N–H and O–H groups in total. The van der Waals surface area contributed by atoms with E-state index in [0.29, 0.717) is 12.4 Å². The zero-order chi connectivity index (χ0) is 15.6. The van der Waals surface area contributed by atoms with E-state index in [1.165, 1.54) is 11.1 Å². The number of imidazole rings is 1. The van der Waals surface area contributed by atoms with Crippen LogP contribution in [0.4, 0.5) is 0 Å². The molecule has 22 heavy (non-hydrogen) atoms. The summed E-state index contributed by atoms with van der Waals surface area (Å²) >= 11 is 0. The molecule has 0 spiro atoms. The lowest BCUT2D eigenvalue weighted by Crippen LogP contribution is -1.99. The second-order valence-electron chi connectivity index (χ2n) is 4.94. The molecule has 0 aliphatic rings. The summed E-state index contributed by atoms with van der Waals surface area (Å²) in [5.74, 6) is 0.484. The molecule has 0 saturated carbocycles. The molecule has 108 valence electrons. The molecule has 1 heterocycles. The molecular formula is C18H18BN3. The van der Waals surface area contributed by atoms with Gasteiger partial charge < -0.3 is 4.57 Å². The molecule has 0 aliphatic carbocycles. The van der Waals surface area contributed by atoms with E-state index in [0.717, 1.165) is 0 Å². The van der Waals surface area contributed by atoms with Crippen molar-refractivity contribution in [1.29, 1.82) is 5.26 Å². The quantitative estimate of drug-likeness (QED) is 0.695. The minimum atomic E-state index is 0.389. The molecule has 0 saturated heterocycles.